The Morgan fingerprint density at radius 1 is 0.962 bits per heavy atom. The summed E-state index contributed by atoms with van der Waals surface area (Å²) < 4.78 is 10.5. The Bertz CT molecular complexity index is 712. The number of hydrogen-bond acceptors (Lipinski definition) is 5. The number of piperazine rings is 1. The summed E-state index contributed by atoms with van der Waals surface area (Å²) in [5.41, 5.74) is 2.13. The molecule has 0 aromatic heterocycles. The summed E-state index contributed by atoms with van der Waals surface area (Å²) >= 11 is 0. The first-order valence-corrected chi connectivity index (χ1v) is 8.96. The molecule has 5 nitrogen and oxygen atoms in total. The van der Waals surface area contributed by atoms with Gasteiger partial charge < -0.3 is 14.4 Å². The smallest absolute Gasteiger partial charge is 0.314 e. The van der Waals surface area contributed by atoms with Crippen LogP contribution in [0.5, 0.6) is 5.75 Å². The molecule has 1 saturated heterocycles. The van der Waals surface area contributed by atoms with Crippen LogP contribution in [0.1, 0.15) is 11.5 Å². The molecular formula is C21H26N2O3. The number of para-hydroxylation sites is 2. The van der Waals surface area contributed by atoms with Crippen LogP contribution in [0.2, 0.25) is 0 Å². The fourth-order valence-electron chi connectivity index (χ4n) is 3.46. The van der Waals surface area contributed by atoms with Crippen LogP contribution in [-0.4, -0.2) is 57.8 Å². The highest BCUT2D eigenvalue weighted by Gasteiger charge is 2.27. The van der Waals surface area contributed by atoms with E-state index in [4.69, 9.17) is 9.47 Å². The van der Waals surface area contributed by atoms with Gasteiger partial charge in [-0.2, -0.15) is 0 Å². The normalized spacial score (nSPS) is 16.2. The predicted octanol–water partition coefficient (Wildman–Crippen LogP) is 2.77. The van der Waals surface area contributed by atoms with Gasteiger partial charge in [0.1, 0.15) is 5.75 Å². The minimum absolute atomic E-state index is 0.177. The van der Waals surface area contributed by atoms with Gasteiger partial charge in [-0.15, -0.1) is 0 Å². The van der Waals surface area contributed by atoms with Crippen LogP contribution in [-0.2, 0) is 9.53 Å². The van der Waals surface area contributed by atoms with Crippen molar-refractivity contribution in [2.75, 3.05) is 51.8 Å². The molecule has 1 unspecified atom stereocenters. The van der Waals surface area contributed by atoms with E-state index in [2.05, 4.69) is 15.9 Å². The molecule has 138 valence electrons. The maximum absolute atomic E-state index is 12.3. The number of rotatable bonds is 6. The number of benzene rings is 2. The predicted molar refractivity (Wildman–Crippen MR) is 103 cm³/mol. The van der Waals surface area contributed by atoms with Gasteiger partial charge in [-0.25, -0.2) is 0 Å². The molecule has 0 radical (unpaired) electrons. The lowest BCUT2D eigenvalue weighted by Crippen LogP contribution is -2.48. The molecule has 1 heterocycles. The number of methoxy groups -OCH3 is 2. The van der Waals surface area contributed by atoms with E-state index in [0.29, 0.717) is 6.54 Å². The number of anilines is 1. The van der Waals surface area contributed by atoms with Gasteiger partial charge in [0.15, 0.2) is 0 Å². The first-order valence-electron chi connectivity index (χ1n) is 8.96. The molecule has 1 aliphatic rings. The zero-order chi connectivity index (χ0) is 18.4. The lowest BCUT2D eigenvalue weighted by Gasteiger charge is -2.37. The van der Waals surface area contributed by atoms with Crippen molar-refractivity contribution < 1.29 is 14.3 Å². The van der Waals surface area contributed by atoms with Crippen LogP contribution in [0, 0.1) is 0 Å². The Balaban J connectivity index is 1.64. The minimum atomic E-state index is -0.251. The average Bonchev–Trinajstić information content (AvgIpc) is 2.72. The van der Waals surface area contributed by atoms with Gasteiger partial charge in [-0.05, 0) is 17.7 Å². The molecule has 0 N–H and O–H groups in total. The Kier molecular flexibility index (Phi) is 6.12. The molecule has 1 fully saturated rings. The summed E-state index contributed by atoms with van der Waals surface area (Å²) in [4.78, 5) is 17.0. The van der Waals surface area contributed by atoms with E-state index in [1.165, 1.54) is 7.11 Å². The maximum atomic E-state index is 12.3. The lowest BCUT2D eigenvalue weighted by molar-refractivity contribution is -0.143. The monoisotopic (exact) mass is 354 g/mol. The zero-order valence-corrected chi connectivity index (χ0v) is 15.4. The van der Waals surface area contributed by atoms with E-state index >= 15 is 0 Å². The number of esters is 1. The molecule has 1 aliphatic heterocycles. The molecule has 2 aromatic rings. The summed E-state index contributed by atoms with van der Waals surface area (Å²) in [6.07, 6.45) is 0. The average molecular weight is 354 g/mol. The number of ether oxygens (including phenoxy) is 2. The van der Waals surface area contributed by atoms with Crippen LogP contribution in [0.3, 0.4) is 0 Å². The summed E-state index contributed by atoms with van der Waals surface area (Å²) in [6, 6.07) is 18.0. The zero-order valence-electron chi connectivity index (χ0n) is 15.4. The number of hydrogen-bond donors (Lipinski definition) is 0. The van der Waals surface area contributed by atoms with Crippen LogP contribution in [0.15, 0.2) is 54.6 Å². The molecule has 0 spiro atoms. The van der Waals surface area contributed by atoms with Gasteiger partial charge >= 0.3 is 5.97 Å². The maximum Gasteiger partial charge on any atom is 0.314 e. The van der Waals surface area contributed by atoms with E-state index in [1.807, 2.05) is 48.5 Å². The Morgan fingerprint density at radius 2 is 1.62 bits per heavy atom. The van der Waals surface area contributed by atoms with Crippen LogP contribution in [0.4, 0.5) is 5.69 Å². The molecule has 26 heavy (non-hydrogen) atoms. The van der Waals surface area contributed by atoms with Crippen molar-refractivity contribution in [1.29, 1.82) is 0 Å². The van der Waals surface area contributed by atoms with Gasteiger partial charge in [0, 0.05) is 32.7 Å². The summed E-state index contributed by atoms with van der Waals surface area (Å²) in [5.74, 6) is 0.472. The number of carbonyl (C=O) groups excluding carboxylic acids is 1. The standard InChI is InChI=1S/C21H26N2O3/c1-25-20-11-7-6-10-19(20)23-14-12-22(13-15-23)16-18(21(24)26-2)17-8-4-3-5-9-17/h3-11,18H,12-16H2,1-2H3. The van der Waals surface area contributed by atoms with Gasteiger partial charge in [0.25, 0.3) is 0 Å². The Hall–Kier alpha value is -2.53. The third-order valence-electron chi connectivity index (χ3n) is 4.93. The first-order chi connectivity index (χ1) is 12.7. The van der Waals surface area contributed by atoms with E-state index < -0.39 is 0 Å². The topological polar surface area (TPSA) is 42.0 Å². The summed E-state index contributed by atoms with van der Waals surface area (Å²) in [7, 11) is 3.16. The molecule has 0 aliphatic carbocycles. The van der Waals surface area contributed by atoms with Gasteiger partial charge in [0.2, 0.25) is 0 Å². The number of nitrogens with zero attached hydrogens (tertiary/aromatic N) is 2. The van der Waals surface area contributed by atoms with Crippen molar-refractivity contribution in [3.05, 3.63) is 60.2 Å². The van der Waals surface area contributed by atoms with Crippen molar-refractivity contribution in [3.63, 3.8) is 0 Å². The quantitative estimate of drug-likeness (QED) is 0.746. The largest absolute Gasteiger partial charge is 0.495 e. The van der Waals surface area contributed by atoms with Crippen LogP contribution in [0.25, 0.3) is 0 Å². The molecule has 0 amide bonds. The highest BCUT2D eigenvalue weighted by molar-refractivity contribution is 5.78. The van der Waals surface area contributed by atoms with Crippen molar-refractivity contribution in [2.24, 2.45) is 0 Å². The molecule has 5 heteroatoms. The molecule has 3 rings (SSSR count). The molecular weight excluding hydrogens is 328 g/mol. The Morgan fingerprint density at radius 3 is 2.27 bits per heavy atom. The summed E-state index contributed by atoms with van der Waals surface area (Å²) in [6.45, 7) is 4.29. The second kappa shape index (κ2) is 8.72. The summed E-state index contributed by atoms with van der Waals surface area (Å²) in [5, 5.41) is 0. The van der Waals surface area contributed by atoms with Crippen LogP contribution < -0.4 is 9.64 Å². The van der Waals surface area contributed by atoms with Gasteiger partial charge in [-0.3, -0.25) is 9.69 Å². The highest BCUT2D eigenvalue weighted by atomic mass is 16.5. The van der Waals surface area contributed by atoms with Gasteiger partial charge in [-0.1, -0.05) is 42.5 Å². The van der Waals surface area contributed by atoms with Crippen molar-refractivity contribution >= 4 is 11.7 Å². The first kappa shape index (κ1) is 18.3. The molecule has 0 bridgehead atoms. The second-order valence-electron chi connectivity index (χ2n) is 6.45. The fourth-order valence-corrected chi connectivity index (χ4v) is 3.46. The minimum Gasteiger partial charge on any atom is -0.495 e. The third kappa shape index (κ3) is 4.17. The lowest BCUT2D eigenvalue weighted by atomic mass is 9.98. The SMILES string of the molecule is COC(=O)C(CN1CCN(c2ccccc2OC)CC1)c1ccccc1. The second-order valence-corrected chi connectivity index (χ2v) is 6.45. The molecule has 2 aromatic carbocycles. The van der Waals surface area contributed by atoms with E-state index in [1.54, 1.807) is 7.11 Å². The molecule has 1 atom stereocenters. The van der Waals surface area contributed by atoms with E-state index in [0.717, 1.165) is 43.2 Å². The van der Waals surface area contributed by atoms with Crippen molar-refractivity contribution in [1.82, 2.24) is 4.90 Å². The van der Waals surface area contributed by atoms with Gasteiger partial charge in [0.05, 0.1) is 25.8 Å². The Labute approximate surface area is 155 Å². The molecule has 0 saturated carbocycles. The highest BCUT2D eigenvalue weighted by Crippen LogP contribution is 2.29. The van der Waals surface area contributed by atoms with E-state index in [-0.39, 0.29) is 11.9 Å². The number of carbonyl (C=O) groups is 1. The van der Waals surface area contributed by atoms with Crippen molar-refractivity contribution in [3.8, 4) is 5.75 Å². The third-order valence-corrected chi connectivity index (χ3v) is 4.93. The van der Waals surface area contributed by atoms with Crippen LogP contribution >= 0.6 is 0 Å². The fraction of sp³-hybridized carbons (Fsp3) is 0.381. The van der Waals surface area contributed by atoms with E-state index in [9.17, 15) is 4.79 Å². The van der Waals surface area contributed by atoms with Crippen molar-refractivity contribution in [2.45, 2.75) is 5.92 Å².